The quantitative estimate of drug-likeness (QED) is 0.332. The molecule has 0 aliphatic heterocycles. The van der Waals surface area contributed by atoms with Crippen LogP contribution in [0.4, 0.5) is 0 Å². The summed E-state index contributed by atoms with van der Waals surface area (Å²) in [6.07, 6.45) is 0.748. The molecule has 0 aliphatic rings. The zero-order chi connectivity index (χ0) is 17.6. The highest BCUT2D eigenvalue weighted by Gasteiger charge is 2.22. The molecular weight excluding hydrogens is 304 g/mol. The highest BCUT2D eigenvalue weighted by Crippen LogP contribution is 2.26. The van der Waals surface area contributed by atoms with Gasteiger partial charge in [-0.2, -0.15) is 0 Å². The number of allylic oxidation sites excluding steroid dienone is 1. The van der Waals surface area contributed by atoms with Gasteiger partial charge >= 0.3 is 0 Å². The molecule has 0 aromatic carbocycles. The third kappa shape index (κ3) is 9.40. The van der Waals surface area contributed by atoms with Gasteiger partial charge in [0.05, 0.1) is 36.5 Å². The fourth-order valence-electron chi connectivity index (χ4n) is 2.15. The van der Waals surface area contributed by atoms with Crippen LogP contribution in [0.1, 0.15) is 33.6 Å². The number of rotatable bonds is 11. The van der Waals surface area contributed by atoms with Crippen LogP contribution in [0.3, 0.4) is 0 Å². The summed E-state index contributed by atoms with van der Waals surface area (Å²) in [6.45, 7) is 12.3. The lowest BCUT2D eigenvalue weighted by Gasteiger charge is -2.32. The first-order chi connectivity index (χ1) is 9.79. The van der Waals surface area contributed by atoms with E-state index in [4.69, 9.17) is 0 Å². The molecule has 1 atom stereocenters. The average Bonchev–Trinajstić information content (AvgIpc) is 2.30. The SMILES string of the molecule is C=C(NCCC[N+](C)(C)CC(O)CS(=O)(=O)[O-])C(C)(C)CC. The van der Waals surface area contributed by atoms with Crippen molar-refractivity contribution in [1.82, 2.24) is 5.32 Å². The van der Waals surface area contributed by atoms with Crippen LogP contribution in [0.25, 0.3) is 0 Å². The first-order valence-electron chi connectivity index (χ1n) is 7.66. The first kappa shape index (κ1) is 21.4. The summed E-state index contributed by atoms with van der Waals surface area (Å²) in [5.74, 6) is -0.728. The standard InChI is InChI=1S/C15H32N2O4S/c1-7-15(3,4)13(2)16-9-8-10-17(5,6)11-14(18)12-22(19,20)21/h14,16,18H,2,7-12H2,1,3-6H3. The minimum atomic E-state index is -4.39. The van der Waals surface area contributed by atoms with E-state index in [-0.39, 0.29) is 12.0 Å². The van der Waals surface area contributed by atoms with Gasteiger partial charge in [0, 0.05) is 24.1 Å². The van der Waals surface area contributed by atoms with Crippen molar-refractivity contribution in [3.8, 4) is 0 Å². The molecular formula is C15H32N2O4S. The summed E-state index contributed by atoms with van der Waals surface area (Å²) in [7, 11) is -0.569. The van der Waals surface area contributed by atoms with Crippen LogP contribution in [0, 0.1) is 5.41 Å². The normalized spacial score (nSPS) is 14.7. The molecule has 0 aliphatic carbocycles. The van der Waals surface area contributed by atoms with E-state index >= 15 is 0 Å². The molecule has 0 saturated carbocycles. The van der Waals surface area contributed by atoms with Crippen molar-refractivity contribution in [3.63, 3.8) is 0 Å². The minimum Gasteiger partial charge on any atom is -0.748 e. The van der Waals surface area contributed by atoms with Crippen molar-refractivity contribution in [1.29, 1.82) is 0 Å². The Balaban J connectivity index is 4.16. The number of quaternary nitrogens is 1. The Labute approximate surface area is 135 Å². The molecule has 0 bridgehead atoms. The molecule has 1 unspecified atom stereocenters. The van der Waals surface area contributed by atoms with E-state index in [1.807, 2.05) is 14.1 Å². The van der Waals surface area contributed by atoms with Gasteiger partial charge in [0.15, 0.2) is 0 Å². The number of nitrogens with one attached hydrogen (secondary N) is 1. The molecule has 6 nitrogen and oxygen atoms in total. The Morgan fingerprint density at radius 1 is 1.41 bits per heavy atom. The summed E-state index contributed by atoms with van der Waals surface area (Å²) in [4.78, 5) is 0. The van der Waals surface area contributed by atoms with Gasteiger partial charge in [-0.1, -0.05) is 27.4 Å². The van der Waals surface area contributed by atoms with Crippen LogP contribution in [-0.2, 0) is 10.1 Å². The second kappa shape index (κ2) is 8.29. The molecule has 0 radical (unpaired) electrons. The van der Waals surface area contributed by atoms with E-state index in [1.54, 1.807) is 0 Å². The van der Waals surface area contributed by atoms with E-state index in [9.17, 15) is 18.1 Å². The number of aliphatic hydroxyl groups excluding tert-OH is 1. The zero-order valence-electron chi connectivity index (χ0n) is 14.6. The maximum absolute atomic E-state index is 10.6. The summed E-state index contributed by atoms with van der Waals surface area (Å²) in [5.41, 5.74) is 1.07. The van der Waals surface area contributed by atoms with Gasteiger partial charge < -0.3 is 19.5 Å². The van der Waals surface area contributed by atoms with Crippen LogP contribution in [0.15, 0.2) is 12.3 Å². The third-order valence-electron chi connectivity index (χ3n) is 4.08. The molecule has 0 spiro atoms. The summed E-state index contributed by atoms with van der Waals surface area (Å²) in [6, 6.07) is 0. The van der Waals surface area contributed by atoms with Crippen molar-refractivity contribution in [2.45, 2.75) is 39.7 Å². The number of hydrogen-bond acceptors (Lipinski definition) is 5. The van der Waals surface area contributed by atoms with Crippen molar-refractivity contribution in [2.75, 3.05) is 39.5 Å². The highest BCUT2D eigenvalue weighted by molar-refractivity contribution is 7.85. The van der Waals surface area contributed by atoms with Crippen LogP contribution >= 0.6 is 0 Å². The summed E-state index contributed by atoms with van der Waals surface area (Å²) >= 11 is 0. The van der Waals surface area contributed by atoms with Crippen LogP contribution < -0.4 is 5.32 Å². The van der Waals surface area contributed by atoms with E-state index in [0.29, 0.717) is 4.48 Å². The lowest BCUT2D eigenvalue weighted by molar-refractivity contribution is -0.893. The first-order valence-corrected chi connectivity index (χ1v) is 9.24. The van der Waals surface area contributed by atoms with Crippen LogP contribution in [0.2, 0.25) is 0 Å². The smallest absolute Gasteiger partial charge is 0.116 e. The van der Waals surface area contributed by atoms with E-state index in [0.717, 1.165) is 31.6 Å². The fourth-order valence-corrected chi connectivity index (χ4v) is 2.73. The van der Waals surface area contributed by atoms with Gasteiger partial charge in [0.25, 0.3) is 0 Å². The Morgan fingerprint density at radius 3 is 2.41 bits per heavy atom. The van der Waals surface area contributed by atoms with Crippen molar-refractivity contribution < 1.29 is 22.6 Å². The molecule has 0 aromatic rings. The highest BCUT2D eigenvalue weighted by atomic mass is 32.2. The van der Waals surface area contributed by atoms with Gasteiger partial charge in [-0.05, 0) is 6.42 Å². The Bertz CT molecular complexity index is 458. The van der Waals surface area contributed by atoms with Crippen LogP contribution in [-0.4, -0.2) is 68.1 Å². The average molecular weight is 336 g/mol. The molecule has 7 heteroatoms. The Morgan fingerprint density at radius 2 is 1.95 bits per heavy atom. The second-order valence-corrected chi connectivity index (χ2v) is 8.67. The molecule has 0 aromatic heterocycles. The molecule has 0 saturated heterocycles. The maximum Gasteiger partial charge on any atom is 0.116 e. The van der Waals surface area contributed by atoms with Gasteiger partial charge in [-0.3, -0.25) is 0 Å². The molecule has 22 heavy (non-hydrogen) atoms. The Kier molecular flexibility index (Phi) is 8.05. The van der Waals surface area contributed by atoms with Gasteiger partial charge in [-0.25, -0.2) is 8.42 Å². The van der Waals surface area contributed by atoms with Gasteiger partial charge in [0.1, 0.15) is 12.6 Å². The fraction of sp³-hybridized carbons (Fsp3) is 0.867. The van der Waals surface area contributed by atoms with Crippen molar-refractivity contribution in [2.24, 2.45) is 5.41 Å². The summed E-state index contributed by atoms with van der Waals surface area (Å²) < 4.78 is 32.4. The Hall–Kier alpha value is -0.630. The van der Waals surface area contributed by atoms with E-state index in [2.05, 4.69) is 32.7 Å². The number of aliphatic hydroxyl groups is 1. The number of nitrogens with zero attached hydrogens (tertiary/aromatic N) is 1. The number of hydrogen-bond donors (Lipinski definition) is 2. The van der Waals surface area contributed by atoms with Crippen molar-refractivity contribution >= 4 is 10.1 Å². The van der Waals surface area contributed by atoms with Crippen molar-refractivity contribution in [3.05, 3.63) is 12.3 Å². The maximum atomic E-state index is 10.6. The third-order valence-corrected chi connectivity index (χ3v) is 4.87. The predicted octanol–water partition coefficient (Wildman–Crippen LogP) is 0.899. The van der Waals surface area contributed by atoms with Crippen LogP contribution in [0.5, 0.6) is 0 Å². The molecule has 0 amide bonds. The second-order valence-electron chi connectivity index (χ2n) is 7.22. The zero-order valence-corrected chi connectivity index (χ0v) is 15.4. The number of likely N-dealkylation sites (N-methyl/N-ethyl adjacent to an activating group) is 1. The van der Waals surface area contributed by atoms with Gasteiger partial charge in [0.2, 0.25) is 0 Å². The largest absolute Gasteiger partial charge is 0.748 e. The molecule has 132 valence electrons. The molecule has 0 heterocycles. The predicted molar refractivity (Wildman–Crippen MR) is 88.2 cm³/mol. The lowest BCUT2D eigenvalue weighted by atomic mass is 9.87. The minimum absolute atomic E-state index is 0.0586. The van der Waals surface area contributed by atoms with E-state index in [1.165, 1.54) is 0 Å². The molecule has 0 fully saturated rings. The van der Waals surface area contributed by atoms with Gasteiger partial charge in [-0.15, -0.1) is 0 Å². The monoisotopic (exact) mass is 336 g/mol. The van der Waals surface area contributed by atoms with E-state index < -0.39 is 22.0 Å². The molecule has 2 N–H and O–H groups in total. The lowest BCUT2D eigenvalue weighted by Crippen LogP contribution is -2.48. The molecule has 0 rings (SSSR count). The summed E-state index contributed by atoms with van der Waals surface area (Å²) in [5, 5.41) is 13.0. The topological polar surface area (TPSA) is 89.5 Å².